The SMILES string of the molecule is CC(=O)OCCC(CC(CC(F)(C(F)(F)F)C(F)(F)F)C(F)(F)F)C(F)(F)F.CC(=O)[O-].FC(F)(F)C(CCI)CC(CC(F)(C(F)(F)F)C(F)(F)F)C(F)(F)F.[Na+]. The van der Waals surface area contributed by atoms with Crippen LogP contribution < -0.4 is 34.7 Å². The van der Waals surface area contributed by atoms with E-state index in [1.54, 1.807) is 0 Å². The fourth-order valence-corrected chi connectivity index (χ4v) is 4.87. The van der Waals surface area contributed by atoms with Crippen molar-refractivity contribution in [3.63, 3.8) is 0 Å². The molecule has 4 unspecified atom stereocenters. The number of hydrogen-bond donors (Lipinski definition) is 0. The van der Waals surface area contributed by atoms with Crippen molar-refractivity contribution in [2.24, 2.45) is 23.7 Å². The van der Waals surface area contributed by atoms with Crippen LogP contribution in [0.1, 0.15) is 52.4 Å². The Morgan fingerprint density at radius 1 is 0.483 bits per heavy atom. The summed E-state index contributed by atoms with van der Waals surface area (Å²) in [7, 11) is 0. The van der Waals surface area contributed by atoms with E-state index in [9.17, 15) is 119 Å². The van der Waals surface area contributed by atoms with Gasteiger partial charge in [0.25, 0.3) is 11.3 Å². The molecule has 58 heavy (non-hydrogen) atoms. The van der Waals surface area contributed by atoms with Crippen LogP contribution in [0.15, 0.2) is 0 Å². The van der Waals surface area contributed by atoms with Crippen LogP contribution in [0.25, 0.3) is 0 Å². The summed E-state index contributed by atoms with van der Waals surface area (Å²) in [5, 5.41) is 8.89. The minimum absolute atomic E-state index is 0. The molecule has 4 atom stereocenters. The van der Waals surface area contributed by atoms with Crippen LogP contribution in [0.2, 0.25) is 0 Å². The third-order valence-corrected chi connectivity index (χ3v) is 7.69. The van der Waals surface area contributed by atoms with E-state index >= 15 is 0 Å². The van der Waals surface area contributed by atoms with Crippen molar-refractivity contribution in [2.45, 2.75) is 113 Å². The second kappa shape index (κ2) is 22.8. The number of hydrogen-bond acceptors (Lipinski definition) is 4. The Labute approximate surface area is 344 Å². The topological polar surface area (TPSA) is 66.4 Å². The maximum absolute atomic E-state index is 13.6. The van der Waals surface area contributed by atoms with Crippen LogP contribution in [-0.4, -0.2) is 83.7 Å². The van der Waals surface area contributed by atoms with Crippen LogP contribution in [0.5, 0.6) is 0 Å². The maximum Gasteiger partial charge on any atom is 1.00 e. The third kappa shape index (κ3) is 21.6. The van der Waals surface area contributed by atoms with Gasteiger partial charge in [-0.15, -0.1) is 0 Å². The van der Waals surface area contributed by atoms with Crippen LogP contribution in [0, 0.1) is 23.7 Å². The zero-order chi connectivity index (χ0) is 46.8. The fourth-order valence-electron chi connectivity index (χ4n) is 4.12. The molecule has 0 aromatic rings. The van der Waals surface area contributed by atoms with Crippen LogP contribution in [0.4, 0.5) is 114 Å². The third-order valence-electron chi connectivity index (χ3n) is 7.07. The van der Waals surface area contributed by atoms with Crippen molar-refractivity contribution in [3.8, 4) is 0 Å². The zero-order valence-corrected chi connectivity index (χ0v) is 33.0. The Hall–Kier alpha value is -1.15. The van der Waals surface area contributed by atoms with Gasteiger partial charge in [-0.1, -0.05) is 22.6 Å². The molecule has 0 spiro atoms. The van der Waals surface area contributed by atoms with Crippen LogP contribution >= 0.6 is 22.6 Å². The van der Waals surface area contributed by atoms with E-state index in [0.29, 0.717) is 0 Å². The molecule has 0 heterocycles. The molecular formula is C26H26F26INaO4. The van der Waals surface area contributed by atoms with Gasteiger partial charge >= 0.3 is 84.9 Å². The fraction of sp³-hybridized carbons (Fsp3) is 0.923. The van der Waals surface area contributed by atoms with Gasteiger partial charge in [0, 0.05) is 30.2 Å². The molecule has 0 aromatic carbocycles. The molecule has 0 saturated heterocycles. The molecule has 4 nitrogen and oxygen atoms in total. The van der Waals surface area contributed by atoms with Crippen molar-refractivity contribution in [2.75, 3.05) is 11.0 Å². The largest absolute Gasteiger partial charge is 1.00 e. The van der Waals surface area contributed by atoms with Gasteiger partial charge in [-0.2, -0.15) is 105 Å². The molecule has 32 heteroatoms. The first-order chi connectivity index (χ1) is 24.6. The number of halogens is 27. The second-order valence-corrected chi connectivity index (χ2v) is 12.6. The Kier molecular flexibility index (Phi) is 25.0. The van der Waals surface area contributed by atoms with E-state index in [0.717, 1.165) is 13.8 Å². The van der Waals surface area contributed by atoms with Gasteiger partial charge in [0.05, 0.1) is 30.3 Å². The minimum atomic E-state index is -6.85. The van der Waals surface area contributed by atoms with Crippen molar-refractivity contribution >= 4 is 34.5 Å². The van der Waals surface area contributed by atoms with E-state index in [2.05, 4.69) is 4.74 Å². The Bertz CT molecular complexity index is 1180. The van der Waals surface area contributed by atoms with Gasteiger partial charge in [0.15, 0.2) is 0 Å². The van der Waals surface area contributed by atoms with Gasteiger partial charge in [0.2, 0.25) is 0 Å². The summed E-state index contributed by atoms with van der Waals surface area (Å²) >= 11 is 1.35. The number of carboxylic acids is 1. The number of carboxylic acid groups (broad SMARTS) is 1. The van der Waals surface area contributed by atoms with Gasteiger partial charge in [0.1, 0.15) is 0 Å². The van der Waals surface area contributed by atoms with Crippen LogP contribution in [-0.2, 0) is 14.3 Å². The molecule has 0 amide bonds. The summed E-state index contributed by atoms with van der Waals surface area (Å²) in [6, 6.07) is 0. The molecule has 0 fully saturated rings. The number of ether oxygens (including phenoxy) is 1. The average Bonchev–Trinajstić information content (AvgIpc) is 2.90. The average molecular weight is 1050 g/mol. The number of carbonyl (C=O) groups is 2. The monoisotopic (exact) mass is 1050 g/mol. The number of esters is 1. The molecular weight excluding hydrogens is 1020 g/mol. The maximum atomic E-state index is 13.6. The molecule has 0 bridgehead atoms. The first kappa shape index (κ1) is 63.5. The van der Waals surface area contributed by atoms with E-state index in [1.807, 2.05) is 0 Å². The van der Waals surface area contributed by atoms with E-state index in [4.69, 9.17) is 9.90 Å². The van der Waals surface area contributed by atoms with Gasteiger partial charge in [-0.25, -0.2) is 8.78 Å². The van der Waals surface area contributed by atoms with Crippen molar-refractivity contribution in [1.82, 2.24) is 0 Å². The predicted octanol–water partition coefficient (Wildman–Crippen LogP) is 8.45. The molecule has 0 aliphatic rings. The van der Waals surface area contributed by atoms with Crippen molar-refractivity contribution in [3.05, 3.63) is 0 Å². The number of alkyl halides is 27. The molecule has 0 aliphatic carbocycles. The van der Waals surface area contributed by atoms with E-state index in [-0.39, 0.29) is 34.0 Å². The Balaban J connectivity index is -0.000000454. The summed E-state index contributed by atoms with van der Waals surface area (Å²) in [6.45, 7) is 0.620. The second-order valence-electron chi connectivity index (χ2n) is 11.5. The van der Waals surface area contributed by atoms with Crippen molar-refractivity contribution < 1.29 is 163 Å². The molecule has 0 aromatic heterocycles. The van der Waals surface area contributed by atoms with Crippen LogP contribution in [0.3, 0.4) is 0 Å². The zero-order valence-electron chi connectivity index (χ0n) is 28.8. The number of aliphatic carboxylic acids is 1. The summed E-state index contributed by atoms with van der Waals surface area (Å²) in [5.74, 6) is -15.8. The normalized spacial score (nSPS) is 16.0. The minimum Gasteiger partial charge on any atom is -0.550 e. The predicted molar refractivity (Wildman–Crippen MR) is 144 cm³/mol. The molecule has 0 aliphatic heterocycles. The first-order valence-corrected chi connectivity index (χ1v) is 15.9. The number of carbonyl (C=O) groups excluding carboxylic acids is 2. The Morgan fingerprint density at radius 2 is 0.707 bits per heavy atom. The smallest absolute Gasteiger partial charge is 0.550 e. The molecule has 0 saturated carbocycles. The summed E-state index contributed by atoms with van der Waals surface area (Å²) in [5.41, 5.74) is -12.6. The molecule has 0 radical (unpaired) electrons. The number of rotatable bonds is 13. The summed E-state index contributed by atoms with van der Waals surface area (Å²) < 4.78 is 333. The first-order valence-electron chi connectivity index (χ1n) is 14.4. The van der Waals surface area contributed by atoms with E-state index < -0.39 is 141 Å². The van der Waals surface area contributed by atoms with Gasteiger partial charge in [-0.3, -0.25) is 4.79 Å². The van der Waals surface area contributed by atoms with Gasteiger partial charge < -0.3 is 14.6 Å². The molecule has 0 rings (SSSR count). The van der Waals surface area contributed by atoms with E-state index in [1.165, 1.54) is 22.6 Å². The van der Waals surface area contributed by atoms with Crippen molar-refractivity contribution in [1.29, 1.82) is 0 Å². The molecule has 344 valence electrons. The summed E-state index contributed by atoms with van der Waals surface area (Å²) in [4.78, 5) is 19.4. The summed E-state index contributed by atoms with van der Waals surface area (Å²) in [6.07, 6.45) is -63.2. The quantitative estimate of drug-likeness (QED) is 0.0612. The Morgan fingerprint density at radius 3 is 0.879 bits per heavy atom. The van der Waals surface area contributed by atoms with Gasteiger partial charge in [-0.05, 0) is 32.6 Å². The standard InChI is InChI=1S/C13H13F13O2.C11H10F13I.C2H4O2.Na/c1-6(27)28-3-2-7(10(15,16)17)4-8(11(18,19)20)5-9(14,12(21,22)23)13(24,25)26;12-7(10(19,20)21,11(22,23)24)4-6(9(16,17)18)3-5(1-2-25)8(13,14)15;1-2(3)4;/h7-8H,2-5H2,1H3;5-6H,1-4H2;1H3,(H,3,4);/q;;;+1/p-1. The molecule has 0 N–H and O–H groups in total.